The molecule has 15 heavy (non-hydrogen) atoms. The van der Waals surface area contributed by atoms with Crippen LogP contribution >= 0.6 is 0 Å². The summed E-state index contributed by atoms with van der Waals surface area (Å²) in [5.41, 5.74) is 4.81. The van der Waals surface area contributed by atoms with Crippen LogP contribution in [0.2, 0.25) is 0 Å². The van der Waals surface area contributed by atoms with Gasteiger partial charge in [0.2, 0.25) is 0 Å². The van der Waals surface area contributed by atoms with Gasteiger partial charge in [0.25, 0.3) is 0 Å². The highest BCUT2D eigenvalue weighted by atomic mass is 19.1. The molecule has 1 aromatic carbocycles. The van der Waals surface area contributed by atoms with E-state index in [9.17, 15) is 4.39 Å². The fourth-order valence-corrected chi connectivity index (χ4v) is 1.79. The molecular formula is C12H19FN2. The lowest BCUT2D eigenvalue weighted by Crippen LogP contribution is -2.29. The summed E-state index contributed by atoms with van der Waals surface area (Å²) in [5, 5.41) is 0. The van der Waals surface area contributed by atoms with Gasteiger partial charge in [-0.15, -0.1) is 0 Å². The molecule has 0 amide bonds. The highest BCUT2D eigenvalue weighted by molar-refractivity contribution is 5.29. The molecule has 0 aliphatic heterocycles. The molecule has 0 spiro atoms. The second kappa shape index (κ2) is 5.24. The topological polar surface area (TPSA) is 38.0 Å². The molecule has 0 aliphatic rings. The van der Waals surface area contributed by atoms with Crippen LogP contribution in [0.5, 0.6) is 0 Å². The van der Waals surface area contributed by atoms with Crippen molar-refractivity contribution < 1.29 is 4.39 Å². The number of nitrogens with two attached hydrogens (primary N) is 1. The molecule has 1 aromatic rings. The van der Waals surface area contributed by atoms with Crippen molar-refractivity contribution in [3.8, 4) is 0 Å². The van der Waals surface area contributed by atoms with Crippen LogP contribution in [0.15, 0.2) is 18.2 Å². The van der Waals surface area contributed by atoms with Crippen LogP contribution in [-0.2, 0) is 0 Å². The molecule has 2 nitrogen and oxygen atoms in total. The maximum atomic E-state index is 12.9. The van der Waals surface area contributed by atoms with Crippen LogP contribution in [0.1, 0.15) is 37.4 Å². The zero-order chi connectivity index (χ0) is 11.4. The minimum atomic E-state index is -0.198. The molecule has 0 aromatic heterocycles. The van der Waals surface area contributed by atoms with Gasteiger partial charge in [0.15, 0.2) is 0 Å². The van der Waals surface area contributed by atoms with Crippen molar-refractivity contribution in [2.24, 2.45) is 11.8 Å². The first-order valence-electron chi connectivity index (χ1n) is 5.26. The Morgan fingerprint density at radius 3 is 2.53 bits per heavy atom. The van der Waals surface area contributed by atoms with Crippen molar-refractivity contribution >= 4 is 0 Å². The van der Waals surface area contributed by atoms with E-state index in [2.05, 4.69) is 19.3 Å². The van der Waals surface area contributed by atoms with Crippen LogP contribution in [-0.4, -0.2) is 0 Å². The van der Waals surface area contributed by atoms with Crippen molar-refractivity contribution in [1.82, 2.24) is 5.43 Å². The molecule has 0 saturated heterocycles. The van der Waals surface area contributed by atoms with E-state index in [4.69, 9.17) is 5.84 Å². The Bertz CT molecular complexity index is 323. The smallest absolute Gasteiger partial charge is 0.123 e. The third kappa shape index (κ3) is 3.29. The maximum absolute atomic E-state index is 12.9. The summed E-state index contributed by atoms with van der Waals surface area (Å²) >= 11 is 0. The third-order valence-corrected chi connectivity index (χ3v) is 2.52. The van der Waals surface area contributed by atoms with E-state index in [0.29, 0.717) is 5.92 Å². The summed E-state index contributed by atoms with van der Waals surface area (Å²) in [7, 11) is 0. The van der Waals surface area contributed by atoms with Crippen molar-refractivity contribution in [3.63, 3.8) is 0 Å². The summed E-state index contributed by atoms with van der Waals surface area (Å²) in [6, 6.07) is 4.93. The van der Waals surface area contributed by atoms with E-state index in [1.807, 2.05) is 6.92 Å². The normalized spacial score (nSPS) is 13.2. The van der Waals surface area contributed by atoms with Gasteiger partial charge < -0.3 is 0 Å². The Balaban J connectivity index is 2.91. The first kappa shape index (κ1) is 12.1. The van der Waals surface area contributed by atoms with E-state index in [1.54, 1.807) is 12.1 Å². The van der Waals surface area contributed by atoms with Crippen molar-refractivity contribution in [2.75, 3.05) is 0 Å². The Morgan fingerprint density at radius 2 is 2.07 bits per heavy atom. The highest BCUT2D eigenvalue weighted by Crippen LogP contribution is 2.23. The molecule has 0 saturated carbocycles. The summed E-state index contributed by atoms with van der Waals surface area (Å²) in [4.78, 5) is 0. The van der Waals surface area contributed by atoms with Gasteiger partial charge in [-0.25, -0.2) is 4.39 Å². The average Bonchev–Trinajstić information content (AvgIpc) is 2.14. The molecular weight excluding hydrogens is 191 g/mol. The van der Waals surface area contributed by atoms with Crippen LogP contribution < -0.4 is 11.3 Å². The first-order valence-corrected chi connectivity index (χ1v) is 5.26. The van der Waals surface area contributed by atoms with E-state index in [1.165, 1.54) is 6.07 Å². The quantitative estimate of drug-likeness (QED) is 0.592. The molecule has 1 rings (SSSR count). The number of hydrogen-bond donors (Lipinski definition) is 2. The summed E-state index contributed by atoms with van der Waals surface area (Å²) in [6.45, 7) is 6.19. The summed E-state index contributed by atoms with van der Waals surface area (Å²) < 4.78 is 12.9. The van der Waals surface area contributed by atoms with Crippen molar-refractivity contribution in [3.05, 3.63) is 35.1 Å². The molecule has 1 atom stereocenters. The van der Waals surface area contributed by atoms with Gasteiger partial charge in [-0.1, -0.05) is 19.9 Å². The fraction of sp³-hybridized carbons (Fsp3) is 0.500. The van der Waals surface area contributed by atoms with Crippen LogP contribution in [0.3, 0.4) is 0 Å². The number of nitrogens with one attached hydrogen (secondary N) is 1. The zero-order valence-electron chi connectivity index (χ0n) is 9.55. The minimum Gasteiger partial charge on any atom is -0.271 e. The number of hydrogen-bond acceptors (Lipinski definition) is 2. The van der Waals surface area contributed by atoms with Gasteiger partial charge in [0.05, 0.1) is 0 Å². The monoisotopic (exact) mass is 210 g/mol. The lowest BCUT2D eigenvalue weighted by molar-refractivity contribution is 0.436. The largest absolute Gasteiger partial charge is 0.271 e. The maximum Gasteiger partial charge on any atom is 0.123 e. The summed E-state index contributed by atoms with van der Waals surface area (Å²) in [6.07, 6.45) is 0.947. The molecule has 0 aliphatic carbocycles. The predicted octanol–water partition coefficient (Wildman–Crippen LogP) is 2.68. The molecule has 3 N–H and O–H groups in total. The second-order valence-electron chi connectivity index (χ2n) is 4.35. The molecule has 1 unspecified atom stereocenters. The van der Waals surface area contributed by atoms with E-state index in [0.717, 1.165) is 17.5 Å². The lowest BCUT2D eigenvalue weighted by Gasteiger charge is -2.20. The summed E-state index contributed by atoms with van der Waals surface area (Å²) in [5.74, 6) is 5.87. The second-order valence-corrected chi connectivity index (χ2v) is 4.35. The van der Waals surface area contributed by atoms with Gasteiger partial charge >= 0.3 is 0 Å². The molecule has 0 heterocycles. The fourth-order valence-electron chi connectivity index (χ4n) is 1.79. The number of aryl methyl sites for hydroxylation is 1. The van der Waals surface area contributed by atoms with E-state index < -0.39 is 0 Å². The van der Waals surface area contributed by atoms with Gasteiger partial charge in [0.1, 0.15) is 5.82 Å². The van der Waals surface area contributed by atoms with Gasteiger partial charge in [-0.2, -0.15) is 0 Å². The predicted molar refractivity (Wildman–Crippen MR) is 60.7 cm³/mol. The zero-order valence-corrected chi connectivity index (χ0v) is 9.55. The van der Waals surface area contributed by atoms with Gasteiger partial charge in [-0.3, -0.25) is 11.3 Å². The lowest BCUT2D eigenvalue weighted by atomic mass is 9.94. The first-order chi connectivity index (χ1) is 7.04. The molecule has 0 radical (unpaired) electrons. The number of hydrazine groups is 1. The van der Waals surface area contributed by atoms with Gasteiger partial charge in [-0.05, 0) is 42.5 Å². The van der Waals surface area contributed by atoms with E-state index in [-0.39, 0.29) is 11.9 Å². The molecule has 0 fully saturated rings. The minimum absolute atomic E-state index is 0.102. The van der Waals surface area contributed by atoms with Crippen LogP contribution in [0.4, 0.5) is 4.39 Å². The molecule has 84 valence electrons. The SMILES string of the molecule is Cc1cc(F)ccc1C(CC(C)C)NN. The number of rotatable bonds is 4. The standard InChI is InChI=1S/C12H19FN2/c1-8(2)6-12(15-14)11-5-4-10(13)7-9(11)3/h4-5,7-8,12,15H,6,14H2,1-3H3. The Kier molecular flexibility index (Phi) is 4.24. The van der Waals surface area contributed by atoms with Crippen molar-refractivity contribution in [1.29, 1.82) is 0 Å². The Labute approximate surface area is 90.6 Å². The van der Waals surface area contributed by atoms with Crippen LogP contribution in [0, 0.1) is 18.7 Å². The van der Waals surface area contributed by atoms with Crippen LogP contribution in [0.25, 0.3) is 0 Å². The molecule has 3 heteroatoms. The Morgan fingerprint density at radius 1 is 1.40 bits per heavy atom. The average molecular weight is 210 g/mol. The third-order valence-electron chi connectivity index (χ3n) is 2.52. The van der Waals surface area contributed by atoms with Gasteiger partial charge in [0, 0.05) is 6.04 Å². The molecule has 0 bridgehead atoms. The number of benzene rings is 1. The number of halogens is 1. The Hall–Kier alpha value is -0.930. The van der Waals surface area contributed by atoms with E-state index >= 15 is 0 Å². The van der Waals surface area contributed by atoms with Crippen molar-refractivity contribution in [2.45, 2.75) is 33.2 Å². The highest BCUT2D eigenvalue weighted by Gasteiger charge is 2.13.